The van der Waals surface area contributed by atoms with Crippen LogP contribution < -0.4 is 0 Å². The zero-order chi connectivity index (χ0) is 21.8. The fourth-order valence-electron chi connectivity index (χ4n) is 5.59. The maximum absolute atomic E-state index is 12.6. The number of ketones is 1. The Morgan fingerprint density at radius 3 is 2.45 bits per heavy atom. The summed E-state index contributed by atoms with van der Waals surface area (Å²) in [6, 6.07) is 19.0. The lowest BCUT2D eigenvalue weighted by Gasteiger charge is -2.44. The van der Waals surface area contributed by atoms with Crippen LogP contribution in [0.4, 0.5) is 0 Å². The number of hydrogen-bond acceptors (Lipinski definition) is 2. The molecule has 2 aliphatic rings. The zero-order valence-electron chi connectivity index (χ0n) is 18.1. The molecule has 2 aliphatic carbocycles. The topological polar surface area (TPSA) is 39.2 Å². The summed E-state index contributed by atoms with van der Waals surface area (Å²) in [4.78, 5) is 21.1. The minimum Gasteiger partial charge on any atom is -0.308 e. The Labute approximate surface area is 183 Å². The van der Waals surface area contributed by atoms with Gasteiger partial charge >= 0.3 is 0 Å². The molecule has 154 valence electrons. The first-order valence-corrected chi connectivity index (χ1v) is 10.8. The summed E-state index contributed by atoms with van der Waals surface area (Å²) in [5.41, 5.74) is 5.58. The highest BCUT2D eigenvalue weighted by Crippen LogP contribution is 2.50. The van der Waals surface area contributed by atoms with Gasteiger partial charge in [0.15, 0.2) is 5.78 Å². The summed E-state index contributed by atoms with van der Waals surface area (Å²) in [5.74, 6) is 0.958. The van der Waals surface area contributed by atoms with E-state index in [4.69, 9.17) is 11.6 Å². The van der Waals surface area contributed by atoms with Gasteiger partial charge in [-0.25, -0.2) is 9.83 Å². The van der Waals surface area contributed by atoms with Gasteiger partial charge in [-0.1, -0.05) is 62.4 Å². The van der Waals surface area contributed by atoms with Crippen molar-refractivity contribution < 1.29 is 4.79 Å². The van der Waals surface area contributed by atoms with Crippen LogP contribution in [0.25, 0.3) is 21.7 Å². The van der Waals surface area contributed by atoms with Gasteiger partial charge in [0.2, 0.25) is 5.70 Å². The molecule has 4 heteroatoms. The van der Waals surface area contributed by atoms with Crippen LogP contribution in [0.2, 0.25) is 0 Å². The van der Waals surface area contributed by atoms with Gasteiger partial charge < -0.3 is 9.36 Å². The van der Waals surface area contributed by atoms with Crippen LogP contribution >= 0.6 is 0 Å². The van der Waals surface area contributed by atoms with E-state index in [1.54, 1.807) is 0 Å². The van der Waals surface area contributed by atoms with Gasteiger partial charge in [-0.3, -0.25) is 0 Å². The summed E-state index contributed by atoms with van der Waals surface area (Å²) in [6.45, 7) is 13.6. The van der Waals surface area contributed by atoms with Crippen LogP contribution in [-0.2, 0) is 16.6 Å². The second-order valence-electron chi connectivity index (χ2n) is 8.92. The summed E-state index contributed by atoms with van der Waals surface area (Å²) in [5, 5.41) is 0. The van der Waals surface area contributed by atoms with Gasteiger partial charge in [-0.05, 0) is 48.9 Å². The lowest BCUT2D eigenvalue weighted by Crippen LogP contribution is -2.45. The molecule has 0 N–H and O–H groups in total. The number of nitrogens with zero attached hydrogens (tertiary/aromatic N) is 3. The quantitative estimate of drug-likeness (QED) is 0.512. The number of hydrogen-bond donors (Lipinski definition) is 0. The van der Waals surface area contributed by atoms with Crippen molar-refractivity contribution in [2.75, 3.05) is 0 Å². The van der Waals surface area contributed by atoms with Crippen molar-refractivity contribution >= 4 is 5.78 Å². The smallest absolute Gasteiger partial charge is 0.226 e. The average Bonchev–Trinajstić information content (AvgIpc) is 3.14. The van der Waals surface area contributed by atoms with Gasteiger partial charge in [0, 0.05) is 22.7 Å². The normalized spacial score (nSPS) is 24.7. The highest BCUT2D eigenvalue weighted by Gasteiger charge is 2.49. The highest BCUT2D eigenvalue weighted by molar-refractivity contribution is 6.00. The second-order valence-corrected chi connectivity index (χ2v) is 8.92. The number of fused-ring (bicyclic) bond motifs is 3. The molecule has 31 heavy (non-hydrogen) atoms. The molecule has 0 unspecified atom stereocenters. The van der Waals surface area contributed by atoms with Gasteiger partial charge in [-0.2, -0.15) is 0 Å². The third-order valence-corrected chi connectivity index (χ3v) is 7.17. The molecule has 3 aromatic rings. The van der Waals surface area contributed by atoms with Crippen LogP contribution in [0.3, 0.4) is 0 Å². The Bertz CT molecular complexity index is 1240. The number of carbonyl (C=O) groups excluding carboxylic acids is 1. The second kappa shape index (κ2) is 7.06. The number of imidazole rings is 1. The highest BCUT2D eigenvalue weighted by atomic mass is 16.1. The molecule has 0 aliphatic heterocycles. The van der Waals surface area contributed by atoms with Crippen LogP contribution in [0.15, 0.2) is 66.4 Å². The molecule has 0 saturated heterocycles. The Morgan fingerprint density at radius 1 is 1.10 bits per heavy atom. The molecule has 0 spiro atoms. The number of benzene rings is 2. The molecular weight excluding hydrogens is 382 g/mol. The van der Waals surface area contributed by atoms with E-state index in [2.05, 4.69) is 64.9 Å². The third kappa shape index (κ3) is 2.88. The first kappa shape index (κ1) is 19.5. The predicted octanol–water partition coefficient (Wildman–Crippen LogP) is 5.69. The lowest BCUT2D eigenvalue weighted by molar-refractivity contribution is -0.121. The van der Waals surface area contributed by atoms with Crippen molar-refractivity contribution in [2.45, 2.75) is 39.0 Å². The number of Topliss-reactive ketones (excluding diaryl/α,β-unsaturated/α-hetero) is 1. The van der Waals surface area contributed by atoms with E-state index in [1.165, 1.54) is 16.8 Å². The van der Waals surface area contributed by atoms with Crippen molar-refractivity contribution in [3.05, 3.63) is 95.0 Å². The van der Waals surface area contributed by atoms with Crippen LogP contribution in [0.5, 0.6) is 0 Å². The van der Waals surface area contributed by atoms with Gasteiger partial charge in [0.1, 0.15) is 5.82 Å². The van der Waals surface area contributed by atoms with E-state index in [0.29, 0.717) is 0 Å². The third-order valence-electron chi connectivity index (χ3n) is 7.17. The first-order valence-electron chi connectivity index (χ1n) is 10.8. The van der Waals surface area contributed by atoms with E-state index in [-0.39, 0.29) is 28.7 Å². The van der Waals surface area contributed by atoms with E-state index in [9.17, 15) is 4.79 Å². The van der Waals surface area contributed by atoms with Crippen LogP contribution in [0, 0.1) is 25.3 Å². The Morgan fingerprint density at radius 2 is 1.77 bits per heavy atom. The molecule has 4 nitrogen and oxygen atoms in total. The first-order chi connectivity index (χ1) is 14.9. The predicted molar refractivity (Wildman–Crippen MR) is 122 cm³/mol. The van der Waals surface area contributed by atoms with Gasteiger partial charge in [0.25, 0.3) is 0 Å². The summed E-state index contributed by atoms with van der Waals surface area (Å²) < 4.78 is 2.25. The standard InChI is InChI=1S/C27H25N3O/c1-17-22-14-15-24-26(27(22,3)16-23(28-4)25(17)31)29-18(2)30(24)21-12-10-20(11-13-21)19-8-6-5-7-9-19/h5-13,16-17,22H,14-15H2,1-3H3/t17-,22-,27-/m0/s1. The Balaban J connectivity index is 1.60. The van der Waals surface area contributed by atoms with Crippen molar-refractivity contribution in [1.82, 2.24) is 9.55 Å². The van der Waals surface area contributed by atoms with Crippen LogP contribution in [-0.4, -0.2) is 15.3 Å². The maximum atomic E-state index is 12.6. The largest absolute Gasteiger partial charge is 0.308 e. The molecule has 3 atom stereocenters. The number of aryl methyl sites for hydroxylation is 1. The molecule has 0 bridgehead atoms. The fourth-order valence-corrected chi connectivity index (χ4v) is 5.59. The van der Waals surface area contributed by atoms with Crippen LogP contribution in [0.1, 0.15) is 37.5 Å². The summed E-state index contributed by atoms with van der Waals surface area (Å²) in [6.07, 6.45) is 3.70. The summed E-state index contributed by atoms with van der Waals surface area (Å²) >= 11 is 0. The van der Waals surface area contributed by atoms with E-state index >= 15 is 0 Å². The number of allylic oxidation sites excluding steroid dienone is 2. The number of rotatable bonds is 2. The molecule has 1 heterocycles. The van der Waals surface area contributed by atoms with Crippen molar-refractivity contribution in [3.8, 4) is 16.8 Å². The molecule has 2 aromatic carbocycles. The average molecular weight is 408 g/mol. The van der Waals surface area contributed by atoms with Crippen molar-refractivity contribution in [2.24, 2.45) is 11.8 Å². The zero-order valence-corrected chi connectivity index (χ0v) is 18.1. The molecular formula is C27H25N3O. The van der Waals surface area contributed by atoms with E-state index < -0.39 is 0 Å². The fraction of sp³-hybridized carbons (Fsp3) is 0.296. The molecule has 0 radical (unpaired) electrons. The maximum Gasteiger partial charge on any atom is 0.226 e. The van der Waals surface area contributed by atoms with E-state index in [0.717, 1.165) is 30.0 Å². The number of aromatic nitrogens is 2. The van der Waals surface area contributed by atoms with Gasteiger partial charge in [0.05, 0.1) is 12.3 Å². The molecule has 0 saturated carbocycles. The van der Waals surface area contributed by atoms with E-state index in [1.807, 2.05) is 26.0 Å². The van der Waals surface area contributed by atoms with Gasteiger partial charge in [-0.15, -0.1) is 0 Å². The SMILES string of the molecule is [C-]#[N+]C1=C[C@]2(C)c3nc(C)n(-c4ccc(-c5ccccc5)cc4)c3CC[C@H]2[C@H](C)C1=O. The minimum atomic E-state index is -0.388. The molecule has 0 amide bonds. The number of carbonyl (C=O) groups is 1. The molecule has 1 aromatic heterocycles. The lowest BCUT2D eigenvalue weighted by atomic mass is 9.59. The van der Waals surface area contributed by atoms with Crippen molar-refractivity contribution in [1.29, 1.82) is 0 Å². The summed E-state index contributed by atoms with van der Waals surface area (Å²) in [7, 11) is 0. The molecule has 5 rings (SSSR count). The Hall–Kier alpha value is -3.45. The molecule has 0 fully saturated rings. The minimum absolute atomic E-state index is 0.0198. The van der Waals surface area contributed by atoms with Crippen molar-refractivity contribution in [3.63, 3.8) is 0 Å². The monoisotopic (exact) mass is 407 g/mol. The Kier molecular flexibility index (Phi) is 4.44.